The highest BCUT2D eigenvalue weighted by Gasteiger charge is 2.10. The number of hydrogen-bond acceptors (Lipinski definition) is 3. The molecule has 120 valence electrons. The van der Waals surface area contributed by atoms with Crippen LogP contribution in [0.3, 0.4) is 0 Å². The number of nitrogens with one attached hydrogen (secondary N) is 2. The van der Waals surface area contributed by atoms with Crippen LogP contribution in [0.4, 0.5) is 8.78 Å². The number of imidazole rings is 1. The summed E-state index contributed by atoms with van der Waals surface area (Å²) in [4.78, 5) is 10.7. The van der Waals surface area contributed by atoms with Crippen LogP contribution >= 0.6 is 11.3 Å². The van der Waals surface area contributed by atoms with Gasteiger partial charge in [-0.3, -0.25) is 4.57 Å². The van der Waals surface area contributed by atoms with E-state index in [9.17, 15) is 8.78 Å². The van der Waals surface area contributed by atoms with Gasteiger partial charge in [-0.05, 0) is 26.0 Å². The number of guanidine groups is 1. The topological polar surface area (TPSA) is 54.2 Å². The number of thiophene rings is 1. The van der Waals surface area contributed by atoms with E-state index in [1.807, 2.05) is 6.92 Å². The average molecular weight is 327 g/mol. The first-order valence-electron chi connectivity index (χ1n) is 6.97. The zero-order chi connectivity index (χ0) is 15.9. The van der Waals surface area contributed by atoms with Crippen LogP contribution in [0.2, 0.25) is 0 Å². The van der Waals surface area contributed by atoms with Crippen molar-refractivity contribution in [1.82, 2.24) is 20.2 Å². The molecule has 0 bridgehead atoms. The van der Waals surface area contributed by atoms with E-state index in [1.165, 1.54) is 22.1 Å². The van der Waals surface area contributed by atoms with E-state index in [4.69, 9.17) is 0 Å². The van der Waals surface area contributed by atoms with Gasteiger partial charge in [0.1, 0.15) is 12.4 Å². The Morgan fingerprint density at radius 3 is 2.86 bits per heavy atom. The van der Waals surface area contributed by atoms with Gasteiger partial charge in [0, 0.05) is 28.7 Å². The summed E-state index contributed by atoms with van der Waals surface area (Å²) in [5.74, 6) is 0.816. The molecule has 0 saturated carbocycles. The summed E-state index contributed by atoms with van der Waals surface area (Å²) in [6.07, 6.45) is 2.61. The van der Waals surface area contributed by atoms with Gasteiger partial charge in [-0.2, -0.15) is 8.78 Å². The predicted octanol–water partition coefficient (Wildman–Crippen LogP) is 2.90. The quantitative estimate of drug-likeness (QED) is 0.634. The van der Waals surface area contributed by atoms with E-state index >= 15 is 0 Å². The second kappa shape index (κ2) is 7.88. The molecule has 0 spiro atoms. The number of aliphatic imine (C=N–C) groups is 1. The molecule has 0 fully saturated rings. The van der Waals surface area contributed by atoms with Crippen LogP contribution in [-0.4, -0.2) is 22.1 Å². The zero-order valence-corrected chi connectivity index (χ0v) is 13.3. The van der Waals surface area contributed by atoms with Crippen LogP contribution in [0.5, 0.6) is 0 Å². The smallest absolute Gasteiger partial charge is 0.319 e. The fourth-order valence-corrected chi connectivity index (χ4v) is 2.72. The van der Waals surface area contributed by atoms with Crippen molar-refractivity contribution in [2.45, 2.75) is 33.5 Å². The Labute approximate surface area is 132 Å². The van der Waals surface area contributed by atoms with Crippen molar-refractivity contribution in [2.24, 2.45) is 4.99 Å². The van der Waals surface area contributed by atoms with E-state index in [-0.39, 0.29) is 12.4 Å². The van der Waals surface area contributed by atoms with Gasteiger partial charge in [0.25, 0.3) is 0 Å². The molecule has 0 aliphatic carbocycles. The lowest BCUT2D eigenvalue weighted by Gasteiger charge is -2.11. The fraction of sp³-hybridized carbons (Fsp3) is 0.429. The summed E-state index contributed by atoms with van der Waals surface area (Å²) in [6.45, 7) is 2.84. The Kier molecular flexibility index (Phi) is 5.88. The van der Waals surface area contributed by atoms with E-state index in [0.29, 0.717) is 19.0 Å². The van der Waals surface area contributed by atoms with Gasteiger partial charge in [0.15, 0.2) is 5.96 Å². The number of alkyl halides is 2. The monoisotopic (exact) mass is 327 g/mol. The van der Waals surface area contributed by atoms with Gasteiger partial charge in [-0.15, -0.1) is 11.3 Å². The summed E-state index contributed by atoms with van der Waals surface area (Å²) in [7, 11) is 0. The average Bonchev–Trinajstić information content (AvgIpc) is 3.10. The predicted molar refractivity (Wildman–Crippen MR) is 84.2 cm³/mol. The minimum atomic E-state index is -2.60. The highest BCUT2D eigenvalue weighted by molar-refractivity contribution is 7.11. The third kappa shape index (κ3) is 4.52. The minimum Gasteiger partial charge on any atom is -0.357 e. The molecule has 5 nitrogen and oxygen atoms in total. The van der Waals surface area contributed by atoms with Crippen molar-refractivity contribution in [2.75, 3.05) is 6.54 Å². The van der Waals surface area contributed by atoms with E-state index in [0.717, 1.165) is 4.57 Å². The lowest BCUT2D eigenvalue weighted by atomic mass is 10.4. The van der Waals surface area contributed by atoms with Gasteiger partial charge in [0.05, 0.1) is 6.54 Å². The first-order valence-corrected chi connectivity index (χ1v) is 7.79. The fourth-order valence-electron chi connectivity index (χ4n) is 1.89. The third-order valence-electron chi connectivity index (χ3n) is 2.91. The first kappa shape index (κ1) is 16.4. The number of rotatable bonds is 6. The third-order valence-corrected chi connectivity index (χ3v) is 3.91. The van der Waals surface area contributed by atoms with Crippen molar-refractivity contribution in [3.05, 3.63) is 40.1 Å². The molecular formula is C14H19F2N5S. The normalized spacial score (nSPS) is 12.0. The van der Waals surface area contributed by atoms with Crippen LogP contribution < -0.4 is 10.6 Å². The highest BCUT2D eigenvalue weighted by Crippen LogP contribution is 2.15. The summed E-state index contributed by atoms with van der Waals surface area (Å²) in [6, 6.07) is 4.12. The van der Waals surface area contributed by atoms with Crippen LogP contribution in [0.15, 0.2) is 29.5 Å². The number of aromatic nitrogens is 2. The molecule has 2 aromatic heterocycles. The van der Waals surface area contributed by atoms with Crippen molar-refractivity contribution >= 4 is 17.3 Å². The van der Waals surface area contributed by atoms with E-state index in [1.54, 1.807) is 11.3 Å². The SMILES string of the molecule is CCNC(=NCc1nccn1C(F)F)NCc1ccc(C)s1. The lowest BCUT2D eigenvalue weighted by molar-refractivity contribution is 0.0671. The molecule has 0 aliphatic rings. The first-order chi connectivity index (χ1) is 10.6. The molecule has 8 heteroatoms. The minimum absolute atomic E-state index is 0.0934. The molecule has 0 aromatic carbocycles. The molecule has 0 atom stereocenters. The second-order valence-electron chi connectivity index (χ2n) is 4.59. The standard InChI is InChI=1S/C14H19F2N5S/c1-3-17-14(19-8-11-5-4-10(2)22-11)20-9-12-18-6-7-21(12)13(15)16/h4-7,13H,3,8-9H2,1-2H3,(H2,17,19,20). The highest BCUT2D eigenvalue weighted by atomic mass is 32.1. The Bertz CT molecular complexity index is 620. The van der Waals surface area contributed by atoms with Gasteiger partial charge in [0.2, 0.25) is 0 Å². The molecular weight excluding hydrogens is 308 g/mol. The largest absolute Gasteiger partial charge is 0.357 e. The molecule has 2 rings (SSSR count). The maximum absolute atomic E-state index is 12.7. The summed E-state index contributed by atoms with van der Waals surface area (Å²) >= 11 is 1.71. The zero-order valence-electron chi connectivity index (χ0n) is 12.5. The number of hydrogen-bond donors (Lipinski definition) is 2. The lowest BCUT2D eigenvalue weighted by Crippen LogP contribution is -2.36. The Morgan fingerprint density at radius 1 is 1.41 bits per heavy atom. The van der Waals surface area contributed by atoms with Crippen molar-refractivity contribution in [1.29, 1.82) is 0 Å². The van der Waals surface area contributed by atoms with Gasteiger partial charge < -0.3 is 10.6 Å². The van der Waals surface area contributed by atoms with Crippen LogP contribution in [0.1, 0.15) is 29.1 Å². The van der Waals surface area contributed by atoms with E-state index in [2.05, 4.69) is 39.7 Å². The Morgan fingerprint density at radius 2 is 2.23 bits per heavy atom. The summed E-state index contributed by atoms with van der Waals surface area (Å²) in [5, 5.41) is 6.28. The summed E-state index contributed by atoms with van der Waals surface area (Å²) in [5.41, 5.74) is 0. The maximum Gasteiger partial charge on any atom is 0.319 e. The maximum atomic E-state index is 12.7. The van der Waals surface area contributed by atoms with Crippen molar-refractivity contribution in [3.8, 4) is 0 Å². The van der Waals surface area contributed by atoms with E-state index < -0.39 is 6.55 Å². The van der Waals surface area contributed by atoms with Crippen LogP contribution in [0, 0.1) is 6.92 Å². The molecule has 2 aromatic rings. The van der Waals surface area contributed by atoms with Gasteiger partial charge >= 0.3 is 6.55 Å². The number of halogens is 2. The Balaban J connectivity index is 1.98. The van der Waals surface area contributed by atoms with Crippen LogP contribution in [-0.2, 0) is 13.1 Å². The van der Waals surface area contributed by atoms with Gasteiger partial charge in [-0.1, -0.05) is 0 Å². The molecule has 2 heterocycles. The van der Waals surface area contributed by atoms with Crippen LogP contribution in [0.25, 0.3) is 0 Å². The van der Waals surface area contributed by atoms with Gasteiger partial charge in [-0.25, -0.2) is 9.98 Å². The molecule has 0 radical (unpaired) electrons. The number of nitrogens with zero attached hydrogens (tertiary/aromatic N) is 3. The van der Waals surface area contributed by atoms with Crippen molar-refractivity contribution in [3.63, 3.8) is 0 Å². The molecule has 22 heavy (non-hydrogen) atoms. The molecule has 0 saturated heterocycles. The molecule has 2 N–H and O–H groups in total. The van der Waals surface area contributed by atoms with Crippen molar-refractivity contribution < 1.29 is 8.78 Å². The molecule has 0 unspecified atom stereocenters. The molecule has 0 amide bonds. The summed E-state index contributed by atoms with van der Waals surface area (Å²) < 4.78 is 26.3. The number of aryl methyl sites for hydroxylation is 1. The second-order valence-corrected chi connectivity index (χ2v) is 5.96. The molecule has 0 aliphatic heterocycles. The Hall–Kier alpha value is -1.96.